The number of imidazole rings is 1. The summed E-state index contributed by atoms with van der Waals surface area (Å²) in [5.74, 6) is 0.668. The van der Waals surface area contributed by atoms with E-state index in [0.717, 1.165) is 9.54 Å². The van der Waals surface area contributed by atoms with Crippen molar-refractivity contribution < 1.29 is 12.8 Å². The summed E-state index contributed by atoms with van der Waals surface area (Å²) < 4.78 is 31.5. The first-order chi connectivity index (χ1) is 9.59. The second-order valence-corrected chi connectivity index (χ2v) is 6.16. The summed E-state index contributed by atoms with van der Waals surface area (Å²) in [6.07, 6.45) is 4.32. The molecule has 0 atom stereocenters. The topological polar surface area (TPSA) is 65.1 Å². The summed E-state index contributed by atoms with van der Waals surface area (Å²) in [5, 5.41) is 0. The molecule has 102 valence electrons. The molecule has 1 aromatic carbocycles. The predicted octanol–water partition coefficient (Wildman–Crippen LogP) is 2.69. The molecule has 2 heterocycles. The number of aromatic nitrogens is 2. The van der Waals surface area contributed by atoms with Crippen LogP contribution in [-0.2, 0) is 10.0 Å². The average molecular weight is 288 g/mol. The van der Waals surface area contributed by atoms with Crippen molar-refractivity contribution in [3.05, 3.63) is 60.6 Å². The number of nitrogens with zero attached hydrogens (tertiary/aromatic N) is 2. The molecule has 0 unspecified atom stereocenters. The normalized spacial score (nSPS) is 11.7. The van der Waals surface area contributed by atoms with Crippen LogP contribution in [0, 0.1) is 6.92 Å². The van der Waals surface area contributed by atoms with E-state index in [-0.39, 0.29) is 10.7 Å². The minimum Gasteiger partial charge on any atom is -0.461 e. The molecule has 0 N–H and O–H groups in total. The maximum absolute atomic E-state index is 12.6. The van der Waals surface area contributed by atoms with Gasteiger partial charge in [-0.3, -0.25) is 0 Å². The standard InChI is InChI=1S/C14H12N2O3S/c1-11-4-6-12(7-5-11)20(17,18)16-9-8-15-14(16)13-3-2-10-19-13/h2-10H,1H3. The van der Waals surface area contributed by atoms with Crippen molar-refractivity contribution in [3.8, 4) is 11.6 Å². The van der Waals surface area contributed by atoms with Crippen molar-refractivity contribution in [1.29, 1.82) is 0 Å². The van der Waals surface area contributed by atoms with Crippen LogP contribution in [0.25, 0.3) is 11.6 Å². The summed E-state index contributed by atoms with van der Waals surface area (Å²) in [6.45, 7) is 1.90. The van der Waals surface area contributed by atoms with Crippen LogP contribution in [0.5, 0.6) is 0 Å². The highest BCUT2D eigenvalue weighted by Crippen LogP contribution is 2.23. The van der Waals surface area contributed by atoms with Gasteiger partial charge in [-0.1, -0.05) is 17.7 Å². The number of benzene rings is 1. The van der Waals surface area contributed by atoms with Crippen LogP contribution in [0.15, 0.2) is 64.4 Å². The Morgan fingerprint density at radius 2 is 1.90 bits per heavy atom. The third-order valence-electron chi connectivity index (χ3n) is 2.93. The first-order valence-electron chi connectivity index (χ1n) is 5.98. The largest absolute Gasteiger partial charge is 0.461 e. The molecule has 0 saturated carbocycles. The molecule has 0 aliphatic rings. The minimum atomic E-state index is -3.67. The molecule has 3 aromatic rings. The van der Waals surface area contributed by atoms with Crippen molar-refractivity contribution in [2.24, 2.45) is 0 Å². The summed E-state index contributed by atoms with van der Waals surface area (Å²) in [5.41, 5.74) is 1.00. The Kier molecular flexibility index (Phi) is 2.94. The fourth-order valence-corrected chi connectivity index (χ4v) is 3.17. The molecule has 0 fully saturated rings. The fourth-order valence-electron chi connectivity index (χ4n) is 1.89. The van der Waals surface area contributed by atoms with Crippen LogP contribution in [0.4, 0.5) is 0 Å². The van der Waals surface area contributed by atoms with Crippen molar-refractivity contribution in [2.75, 3.05) is 0 Å². The van der Waals surface area contributed by atoms with Gasteiger partial charge in [0.1, 0.15) is 0 Å². The first kappa shape index (κ1) is 12.7. The van der Waals surface area contributed by atoms with Gasteiger partial charge in [0.05, 0.1) is 11.2 Å². The molecule has 5 nitrogen and oxygen atoms in total. The van der Waals surface area contributed by atoms with E-state index in [4.69, 9.17) is 4.42 Å². The molecular formula is C14H12N2O3S. The summed E-state index contributed by atoms with van der Waals surface area (Å²) in [6, 6.07) is 10.0. The third-order valence-corrected chi connectivity index (χ3v) is 4.61. The molecule has 20 heavy (non-hydrogen) atoms. The monoisotopic (exact) mass is 288 g/mol. The Hall–Kier alpha value is -2.34. The van der Waals surface area contributed by atoms with E-state index in [2.05, 4.69) is 4.98 Å². The van der Waals surface area contributed by atoms with Gasteiger partial charge in [-0.05, 0) is 31.2 Å². The van der Waals surface area contributed by atoms with Crippen molar-refractivity contribution in [2.45, 2.75) is 11.8 Å². The molecule has 0 aliphatic carbocycles. The maximum atomic E-state index is 12.6. The predicted molar refractivity (Wildman–Crippen MR) is 73.7 cm³/mol. The van der Waals surface area contributed by atoms with Crippen LogP contribution in [-0.4, -0.2) is 17.4 Å². The molecule has 0 spiro atoms. The van der Waals surface area contributed by atoms with Gasteiger partial charge in [0, 0.05) is 12.4 Å². The highest BCUT2D eigenvalue weighted by Gasteiger charge is 2.21. The summed E-state index contributed by atoms with van der Waals surface area (Å²) in [7, 11) is -3.67. The van der Waals surface area contributed by atoms with E-state index in [0.29, 0.717) is 5.76 Å². The summed E-state index contributed by atoms with van der Waals surface area (Å²) in [4.78, 5) is 4.27. The molecule has 0 radical (unpaired) electrons. The van der Waals surface area contributed by atoms with Gasteiger partial charge < -0.3 is 4.42 Å². The first-order valence-corrected chi connectivity index (χ1v) is 7.42. The summed E-state index contributed by atoms with van der Waals surface area (Å²) >= 11 is 0. The highest BCUT2D eigenvalue weighted by atomic mass is 32.2. The highest BCUT2D eigenvalue weighted by molar-refractivity contribution is 7.90. The second-order valence-electron chi connectivity index (χ2n) is 4.34. The van der Waals surface area contributed by atoms with Crippen molar-refractivity contribution in [3.63, 3.8) is 0 Å². The minimum absolute atomic E-state index is 0.217. The molecule has 0 aliphatic heterocycles. The van der Waals surface area contributed by atoms with E-state index in [1.807, 2.05) is 6.92 Å². The van der Waals surface area contributed by atoms with Gasteiger partial charge >= 0.3 is 0 Å². The lowest BCUT2D eigenvalue weighted by Crippen LogP contribution is -2.13. The fraction of sp³-hybridized carbons (Fsp3) is 0.0714. The van der Waals surface area contributed by atoms with Crippen molar-refractivity contribution in [1.82, 2.24) is 8.96 Å². The second kappa shape index (κ2) is 4.64. The third kappa shape index (κ3) is 2.04. The van der Waals surface area contributed by atoms with Gasteiger partial charge in [0.15, 0.2) is 11.6 Å². The van der Waals surface area contributed by atoms with Gasteiger partial charge in [-0.15, -0.1) is 0 Å². The lowest BCUT2D eigenvalue weighted by Gasteiger charge is -2.08. The van der Waals surface area contributed by atoms with Gasteiger partial charge in [0.2, 0.25) is 0 Å². The number of rotatable bonds is 3. The maximum Gasteiger partial charge on any atom is 0.269 e. The molecule has 2 aromatic heterocycles. The quantitative estimate of drug-likeness (QED) is 0.743. The van der Waals surface area contributed by atoms with E-state index in [9.17, 15) is 8.42 Å². The zero-order valence-corrected chi connectivity index (χ0v) is 11.5. The van der Waals surface area contributed by atoms with Gasteiger partial charge in [-0.25, -0.2) is 17.4 Å². The van der Waals surface area contributed by atoms with Crippen molar-refractivity contribution >= 4 is 10.0 Å². The Bertz CT molecular complexity index is 816. The number of hydrogen-bond acceptors (Lipinski definition) is 4. The van der Waals surface area contributed by atoms with Crippen LogP contribution >= 0.6 is 0 Å². The van der Waals surface area contributed by atoms with Gasteiger partial charge in [-0.2, -0.15) is 0 Å². The number of furan rings is 1. The van der Waals surface area contributed by atoms with E-state index >= 15 is 0 Å². The molecule has 6 heteroatoms. The Labute approximate surface area is 116 Å². The number of hydrogen-bond donors (Lipinski definition) is 0. The molecular weight excluding hydrogens is 276 g/mol. The van der Waals surface area contributed by atoms with E-state index < -0.39 is 10.0 Å². The van der Waals surface area contributed by atoms with E-state index in [1.54, 1.807) is 36.4 Å². The van der Waals surface area contributed by atoms with Crippen LogP contribution in [0.1, 0.15) is 5.56 Å². The van der Waals surface area contributed by atoms with E-state index in [1.165, 1.54) is 18.7 Å². The smallest absolute Gasteiger partial charge is 0.269 e. The zero-order valence-electron chi connectivity index (χ0n) is 10.7. The lowest BCUT2D eigenvalue weighted by molar-refractivity contribution is 0.569. The Balaban J connectivity index is 2.14. The Morgan fingerprint density at radius 3 is 2.55 bits per heavy atom. The molecule has 0 amide bonds. The lowest BCUT2D eigenvalue weighted by atomic mass is 10.2. The molecule has 0 saturated heterocycles. The number of aryl methyl sites for hydroxylation is 1. The van der Waals surface area contributed by atoms with Gasteiger partial charge in [0.25, 0.3) is 10.0 Å². The van der Waals surface area contributed by atoms with Crippen LogP contribution in [0.3, 0.4) is 0 Å². The molecule has 3 rings (SSSR count). The average Bonchev–Trinajstić information content (AvgIpc) is 3.10. The zero-order chi connectivity index (χ0) is 14.2. The Morgan fingerprint density at radius 1 is 1.15 bits per heavy atom. The van der Waals surface area contributed by atoms with Crippen LogP contribution < -0.4 is 0 Å². The SMILES string of the molecule is Cc1ccc(S(=O)(=O)n2ccnc2-c2ccco2)cc1. The molecule has 0 bridgehead atoms. The van der Waals surface area contributed by atoms with Crippen LogP contribution in [0.2, 0.25) is 0 Å².